The molecule has 0 spiro atoms. The summed E-state index contributed by atoms with van der Waals surface area (Å²) in [4.78, 5) is 14.1. The highest BCUT2D eigenvalue weighted by Gasteiger charge is 2.24. The first kappa shape index (κ1) is 11.8. The van der Waals surface area contributed by atoms with Gasteiger partial charge in [0.05, 0.1) is 11.0 Å². The lowest BCUT2D eigenvalue weighted by Gasteiger charge is -2.25. The van der Waals surface area contributed by atoms with Gasteiger partial charge in [-0.2, -0.15) is 0 Å². The zero-order chi connectivity index (χ0) is 12.3. The number of aromatic nitrogens is 1. The van der Waals surface area contributed by atoms with Crippen LogP contribution < -0.4 is 4.74 Å². The maximum absolute atomic E-state index is 10.8. The van der Waals surface area contributed by atoms with Crippen LogP contribution in [0.2, 0.25) is 0 Å². The molecule has 92 valence electrons. The molecule has 0 radical (unpaired) electrons. The number of nitro groups is 1. The first-order valence-corrected chi connectivity index (χ1v) is 5.61. The second-order valence-electron chi connectivity index (χ2n) is 4.13. The van der Waals surface area contributed by atoms with Crippen molar-refractivity contribution in [1.29, 1.82) is 0 Å². The molecule has 0 bridgehead atoms. The number of hydrogen-bond donors (Lipinski definition) is 1. The second-order valence-corrected chi connectivity index (χ2v) is 4.13. The van der Waals surface area contributed by atoms with Gasteiger partial charge in [-0.25, -0.2) is 4.98 Å². The Bertz CT molecular complexity index is 402. The largest absolute Gasteiger partial charge is 0.469 e. The first-order chi connectivity index (χ1) is 8.16. The fourth-order valence-corrected chi connectivity index (χ4v) is 1.93. The second kappa shape index (κ2) is 5.09. The fraction of sp³-hybridized carbons (Fsp3) is 0.545. The lowest BCUT2D eigenvalue weighted by Crippen LogP contribution is -2.27. The molecule has 1 fully saturated rings. The highest BCUT2D eigenvalue weighted by Crippen LogP contribution is 2.28. The molecule has 2 rings (SSSR count). The molecule has 6 nitrogen and oxygen atoms in total. The van der Waals surface area contributed by atoms with Gasteiger partial charge in [0.2, 0.25) is 0 Å². The first-order valence-electron chi connectivity index (χ1n) is 5.61. The Morgan fingerprint density at radius 2 is 2.12 bits per heavy atom. The van der Waals surface area contributed by atoms with E-state index in [-0.39, 0.29) is 23.8 Å². The normalized spacial score (nSPS) is 24.3. The van der Waals surface area contributed by atoms with Gasteiger partial charge in [-0.3, -0.25) is 10.1 Å². The molecular weight excluding hydrogens is 224 g/mol. The van der Waals surface area contributed by atoms with Crippen LogP contribution in [-0.2, 0) is 0 Å². The van der Waals surface area contributed by atoms with Crippen molar-refractivity contribution in [2.24, 2.45) is 0 Å². The molecule has 1 aromatic rings. The number of aliphatic hydroxyl groups is 1. The molecule has 1 N–H and O–H groups in total. The predicted octanol–water partition coefficient (Wildman–Crippen LogP) is 1.67. The molecule has 1 aliphatic rings. The summed E-state index contributed by atoms with van der Waals surface area (Å²) in [7, 11) is 0. The van der Waals surface area contributed by atoms with Gasteiger partial charge >= 0.3 is 5.69 Å². The molecule has 0 unspecified atom stereocenters. The molecule has 0 atom stereocenters. The predicted molar refractivity (Wildman–Crippen MR) is 59.8 cm³/mol. The lowest BCUT2D eigenvalue weighted by molar-refractivity contribution is -0.386. The summed E-state index contributed by atoms with van der Waals surface area (Å²) in [5.41, 5.74) is -0.112. The standard InChI is InChI=1S/C11H14N2O4/c14-8-3-5-9(6-4-8)17-11-10(13(15)16)2-1-7-12-11/h1-2,7-9,14H,3-6H2/t8-,9-. The molecule has 6 heteroatoms. The molecule has 0 aromatic carbocycles. The molecule has 17 heavy (non-hydrogen) atoms. The average Bonchev–Trinajstić information content (AvgIpc) is 2.32. The van der Waals surface area contributed by atoms with Crippen LogP contribution in [0.15, 0.2) is 18.3 Å². The third-order valence-corrected chi connectivity index (χ3v) is 2.87. The summed E-state index contributed by atoms with van der Waals surface area (Å²) in [6.07, 6.45) is 3.86. The van der Waals surface area contributed by atoms with E-state index in [2.05, 4.69) is 4.98 Å². The van der Waals surface area contributed by atoms with E-state index in [1.54, 1.807) is 0 Å². The highest BCUT2D eigenvalue weighted by molar-refractivity contribution is 5.39. The summed E-state index contributed by atoms with van der Waals surface area (Å²) >= 11 is 0. The number of aliphatic hydroxyl groups excluding tert-OH is 1. The highest BCUT2D eigenvalue weighted by atomic mass is 16.6. The molecule has 1 heterocycles. The Morgan fingerprint density at radius 3 is 2.76 bits per heavy atom. The van der Waals surface area contributed by atoms with Gasteiger partial charge in [0.15, 0.2) is 0 Å². The molecule has 0 saturated heterocycles. The molecule has 1 aromatic heterocycles. The van der Waals surface area contributed by atoms with E-state index in [9.17, 15) is 15.2 Å². The molecule has 1 saturated carbocycles. The zero-order valence-electron chi connectivity index (χ0n) is 9.28. The minimum atomic E-state index is -0.500. The van der Waals surface area contributed by atoms with Gasteiger partial charge in [-0.15, -0.1) is 0 Å². The van der Waals surface area contributed by atoms with Crippen molar-refractivity contribution in [3.63, 3.8) is 0 Å². The van der Waals surface area contributed by atoms with Gasteiger partial charge in [0, 0.05) is 12.3 Å². The topological polar surface area (TPSA) is 85.5 Å². The van der Waals surface area contributed by atoms with E-state index in [1.807, 2.05) is 0 Å². The number of ether oxygens (including phenoxy) is 1. The van der Waals surface area contributed by atoms with E-state index in [1.165, 1.54) is 18.3 Å². The summed E-state index contributed by atoms with van der Waals surface area (Å²) in [6.45, 7) is 0. The number of rotatable bonds is 3. The lowest BCUT2D eigenvalue weighted by atomic mass is 9.95. The molecule has 0 aliphatic heterocycles. The van der Waals surface area contributed by atoms with Gasteiger partial charge < -0.3 is 9.84 Å². The SMILES string of the molecule is O=[N+]([O-])c1cccnc1O[C@H]1CC[C@H](O)CC1. The van der Waals surface area contributed by atoms with E-state index in [4.69, 9.17) is 4.74 Å². The number of nitrogens with zero attached hydrogens (tertiary/aromatic N) is 2. The monoisotopic (exact) mass is 238 g/mol. The van der Waals surface area contributed by atoms with Gasteiger partial charge in [-0.05, 0) is 31.7 Å². The van der Waals surface area contributed by atoms with E-state index < -0.39 is 4.92 Å². The maximum Gasteiger partial charge on any atom is 0.330 e. The summed E-state index contributed by atoms with van der Waals surface area (Å²) in [5.74, 6) is 0.0684. The third-order valence-electron chi connectivity index (χ3n) is 2.87. The molecule has 0 amide bonds. The molecule has 1 aliphatic carbocycles. The molecular formula is C11H14N2O4. The van der Waals surface area contributed by atoms with Crippen molar-refractivity contribution in [3.05, 3.63) is 28.4 Å². The number of hydrogen-bond acceptors (Lipinski definition) is 5. The van der Waals surface area contributed by atoms with Crippen LogP contribution in [0.4, 0.5) is 5.69 Å². The minimum Gasteiger partial charge on any atom is -0.469 e. The van der Waals surface area contributed by atoms with E-state index in [0.717, 1.165) is 0 Å². The van der Waals surface area contributed by atoms with Gasteiger partial charge in [0.25, 0.3) is 5.88 Å². The fourth-order valence-electron chi connectivity index (χ4n) is 1.93. The third kappa shape index (κ3) is 2.91. The Balaban J connectivity index is 2.05. The Labute approximate surface area is 98.4 Å². The van der Waals surface area contributed by atoms with Crippen molar-refractivity contribution in [1.82, 2.24) is 4.98 Å². The van der Waals surface area contributed by atoms with Crippen LogP contribution in [0.3, 0.4) is 0 Å². The Kier molecular flexibility index (Phi) is 3.53. The number of pyridine rings is 1. The average molecular weight is 238 g/mol. The van der Waals surface area contributed by atoms with Crippen molar-refractivity contribution in [2.45, 2.75) is 37.9 Å². The van der Waals surface area contributed by atoms with Crippen molar-refractivity contribution < 1.29 is 14.8 Å². The maximum atomic E-state index is 10.8. The van der Waals surface area contributed by atoms with Gasteiger partial charge in [0.1, 0.15) is 6.10 Å². The van der Waals surface area contributed by atoms with Crippen molar-refractivity contribution >= 4 is 5.69 Å². The Hall–Kier alpha value is -1.69. The van der Waals surface area contributed by atoms with Crippen molar-refractivity contribution in [2.75, 3.05) is 0 Å². The summed E-state index contributed by atoms with van der Waals surface area (Å²) in [5, 5.41) is 20.1. The summed E-state index contributed by atoms with van der Waals surface area (Å²) < 4.78 is 5.53. The van der Waals surface area contributed by atoms with Crippen LogP contribution in [0.25, 0.3) is 0 Å². The van der Waals surface area contributed by atoms with Gasteiger partial charge in [-0.1, -0.05) is 0 Å². The van der Waals surface area contributed by atoms with E-state index >= 15 is 0 Å². The summed E-state index contributed by atoms with van der Waals surface area (Å²) in [6, 6.07) is 2.88. The van der Waals surface area contributed by atoms with Crippen LogP contribution >= 0.6 is 0 Å². The quantitative estimate of drug-likeness (QED) is 0.639. The zero-order valence-corrected chi connectivity index (χ0v) is 9.28. The van der Waals surface area contributed by atoms with Crippen LogP contribution in [0.1, 0.15) is 25.7 Å². The Morgan fingerprint density at radius 1 is 1.41 bits per heavy atom. The van der Waals surface area contributed by atoms with Crippen LogP contribution in [-0.4, -0.2) is 27.2 Å². The minimum absolute atomic E-state index is 0.0684. The van der Waals surface area contributed by atoms with E-state index in [0.29, 0.717) is 25.7 Å². The van der Waals surface area contributed by atoms with Crippen LogP contribution in [0.5, 0.6) is 5.88 Å². The smallest absolute Gasteiger partial charge is 0.330 e. The van der Waals surface area contributed by atoms with Crippen LogP contribution in [0, 0.1) is 10.1 Å². The van der Waals surface area contributed by atoms with Crippen molar-refractivity contribution in [3.8, 4) is 5.88 Å².